The van der Waals surface area contributed by atoms with E-state index >= 15 is 0 Å². The molecule has 0 saturated carbocycles. The molecule has 0 bridgehead atoms. The molecule has 12 heavy (non-hydrogen) atoms. The molecule has 0 unspecified atom stereocenters. The van der Waals surface area contributed by atoms with Gasteiger partial charge in [0, 0.05) is 20.2 Å². The molecule has 0 saturated heterocycles. The standard InChI is InChI=1S/C10H9S2/c1-7-3-4-10(12-7)9-5-8(2)11-6-9/h3-5H,1-2H3. The Kier molecular flexibility index (Phi) is 2.03. The number of hydrogen-bond donors (Lipinski definition) is 0. The zero-order valence-electron chi connectivity index (χ0n) is 7.05. The van der Waals surface area contributed by atoms with Gasteiger partial charge in [-0.2, -0.15) is 0 Å². The summed E-state index contributed by atoms with van der Waals surface area (Å²) in [6, 6.07) is 6.51. The van der Waals surface area contributed by atoms with Gasteiger partial charge in [-0.1, -0.05) is 0 Å². The average Bonchev–Trinajstić information content (AvgIpc) is 2.58. The van der Waals surface area contributed by atoms with Crippen LogP contribution in [-0.2, 0) is 0 Å². The van der Waals surface area contributed by atoms with Gasteiger partial charge in [0.2, 0.25) is 0 Å². The smallest absolute Gasteiger partial charge is 0.0538 e. The van der Waals surface area contributed by atoms with Crippen molar-refractivity contribution in [3.05, 3.63) is 33.3 Å². The van der Waals surface area contributed by atoms with E-state index in [0.717, 1.165) is 0 Å². The molecule has 2 aromatic heterocycles. The second-order valence-electron chi connectivity index (χ2n) is 2.78. The molecule has 2 heteroatoms. The van der Waals surface area contributed by atoms with Crippen molar-refractivity contribution in [2.75, 3.05) is 0 Å². The first kappa shape index (κ1) is 8.02. The van der Waals surface area contributed by atoms with Crippen molar-refractivity contribution in [1.29, 1.82) is 0 Å². The second kappa shape index (κ2) is 3.04. The highest BCUT2D eigenvalue weighted by Crippen LogP contribution is 2.30. The van der Waals surface area contributed by atoms with Gasteiger partial charge in [0.1, 0.15) is 0 Å². The van der Waals surface area contributed by atoms with E-state index in [2.05, 4.69) is 37.4 Å². The van der Waals surface area contributed by atoms with Crippen molar-refractivity contribution in [3.8, 4) is 10.4 Å². The molecule has 0 aliphatic carbocycles. The highest BCUT2D eigenvalue weighted by Gasteiger charge is 2.02. The zero-order chi connectivity index (χ0) is 8.55. The van der Waals surface area contributed by atoms with Crippen molar-refractivity contribution in [2.24, 2.45) is 0 Å². The van der Waals surface area contributed by atoms with Gasteiger partial charge < -0.3 is 0 Å². The molecule has 2 aromatic rings. The highest BCUT2D eigenvalue weighted by molar-refractivity contribution is 7.16. The van der Waals surface area contributed by atoms with Gasteiger partial charge in [-0.15, -0.1) is 22.7 Å². The first-order chi connectivity index (χ1) is 5.75. The molecule has 0 atom stereocenters. The van der Waals surface area contributed by atoms with E-state index in [1.165, 1.54) is 20.2 Å². The molecule has 0 aliphatic heterocycles. The van der Waals surface area contributed by atoms with E-state index in [0.29, 0.717) is 0 Å². The van der Waals surface area contributed by atoms with Gasteiger partial charge in [0.25, 0.3) is 0 Å². The Hall–Kier alpha value is -0.600. The van der Waals surface area contributed by atoms with Gasteiger partial charge in [0.05, 0.1) is 5.38 Å². The molecule has 0 amide bonds. The minimum Gasteiger partial charge on any atom is -0.141 e. The van der Waals surface area contributed by atoms with Crippen LogP contribution in [0.1, 0.15) is 9.75 Å². The maximum atomic E-state index is 3.29. The quantitative estimate of drug-likeness (QED) is 0.644. The SMILES string of the molecule is Cc1cc(-c2ccc(C)s2)[c]s1. The molecule has 61 valence electrons. The summed E-state index contributed by atoms with van der Waals surface area (Å²) in [6.45, 7) is 4.25. The molecule has 0 aromatic carbocycles. The van der Waals surface area contributed by atoms with Crippen LogP contribution in [0.25, 0.3) is 10.4 Å². The van der Waals surface area contributed by atoms with Crippen molar-refractivity contribution in [1.82, 2.24) is 0 Å². The summed E-state index contributed by atoms with van der Waals surface area (Å²) in [5, 5.41) is 3.29. The lowest BCUT2D eigenvalue weighted by Crippen LogP contribution is -1.61. The molecule has 2 rings (SSSR count). The van der Waals surface area contributed by atoms with Crippen LogP contribution in [0.5, 0.6) is 0 Å². The summed E-state index contributed by atoms with van der Waals surface area (Å²) < 4.78 is 0. The van der Waals surface area contributed by atoms with Crippen LogP contribution in [0, 0.1) is 19.2 Å². The van der Waals surface area contributed by atoms with Gasteiger partial charge in [-0.3, -0.25) is 0 Å². The lowest BCUT2D eigenvalue weighted by molar-refractivity contribution is 1.63. The van der Waals surface area contributed by atoms with E-state index in [9.17, 15) is 0 Å². The first-order valence-corrected chi connectivity index (χ1v) is 5.44. The van der Waals surface area contributed by atoms with Gasteiger partial charge in [-0.05, 0) is 32.0 Å². The Labute approximate surface area is 80.5 Å². The normalized spacial score (nSPS) is 10.5. The zero-order valence-corrected chi connectivity index (χ0v) is 8.68. The Morgan fingerprint density at radius 1 is 1.17 bits per heavy atom. The Morgan fingerprint density at radius 3 is 2.50 bits per heavy atom. The summed E-state index contributed by atoms with van der Waals surface area (Å²) >= 11 is 3.52. The van der Waals surface area contributed by atoms with Crippen LogP contribution in [0.4, 0.5) is 0 Å². The lowest BCUT2D eigenvalue weighted by atomic mass is 10.2. The fraction of sp³-hybridized carbons (Fsp3) is 0.200. The van der Waals surface area contributed by atoms with Gasteiger partial charge in [-0.25, -0.2) is 0 Å². The highest BCUT2D eigenvalue weighted by atomic mass is 32.1. The predicted molar refractivity (Wildman–Crippen MR) is 55.9 cm³/mol. The molecule has 0 spiro atoms. The molecule has 0 fully saturated rings. The number of thiophene rings is 2. The van der Waals surface area contributed by atoms with Crippen LogP contribution in [0.2, 0.25) is 0 Å². The largest absolute Gasteiger partial charge is 0.141 e. The van der Waals surface area contributed by atoms with Gasteiger partial charge in [0.15, 0.2) is 0 Å². The van der Waals surface area contributed by atoms with Crippen LogP contribution in [0.15, 0.2) is 18.2 Å². The summed E-state index contributed by atoms with van der Waals surface area (Å²) in [5.74, 6) is 0. The summed E-state index contributed by atoms with van der Waals surface area (Å²) in [7, 11) is 0. The fourth-order valence-corrected chi connectivity index (χ4v) is 2.62. The summed E-state index contributed by atoms with van der Waals surface area (Å²) in [5.41, 5.74) is 1.25. The van der Waals surface area contributed by atoms with E-state index in [1.54, 1.807) is 11.3 Å². The molecule has 0 aliphatic rings. The lowest BCUT2D eigenvalue weighted by Gasteiger charge is -1.86. The first-order valence-electron chi connectivity index (χ1n) is 3.80. The molecular weight excluding hydrogens is 184 g/mol. The van der Waals surface area contributed by atoms with E-state index in [4.69, 9.17) is 0 Å². The van der Waals surface area contributed by atoms with Crippen molar-refractivity contribution in [2.45, 2.75) is 13.8 Å². The molecule has 2 heterocycles. The average molecular weight is 193 g/mol. The van der Waals surface area contributed by atoms with Crippen LogP contribution in [0.3, 0.4) is 0 Å². The molecule has 0 nitrogen and oxygen atoms in total. The monoisotopic (exact) mass is 193 g/mol. The van der Waals surface area contributed by atoms with E-state index in [-0.39, 0.29) is 0 Å². The van der Waals surface area contributed by atoms with Gasteiger partial charge >= 0.3 is 0 Å². The van der Waals surface area contributed by atoms with Crippen molar-refractivity contribution >= 4 is 22.7 Å². The predicted octanol–water partition coefficient (Wildman–Crippen LogP) is 3.89. The Morgan fingerprint density at radius 2 is 2.00 bits per heavy atom. The third-order valence-electron chi connectivity index (χ3n) is 1.68. The summed E-state index contributed by atoms with van der Waals surface area (Å²) in [4.78, 5) is 4.02. The number of rotatable bonds is 1. The van der Waals surface area contributed by atoms with E-state index in [1.807, 2.05) is 11.3 Å². The minimum atomic E-state index is 1.25. The van der Waals surface area contributed by atoms with Crippen LogP contribution in [-0.4, -0.2) is 0 Å². The van der Waals surface area contributed by atoms with Crippen molar-refractivity contribution < 1.29 is 0 Å². The Bertz CT molecular complexity index is 344. The maximum Gasteiger partial charge on any atom is 0.0538 e. The Balaban J connectivity index is 2.43. The summed E-state index contributed by atoms with van der Waals surface area (Å²) in [6.07, 6.45) is 0. The number of aryl methyl sites for hydroxylation is 2. The molecule has 0 N–H and O–H groups in total. The number of hydrogen-bond acceptors (Lipinski definition) is 2. The van der Waals surface area contributed by atoms with E-state index < -0.39 is 0 Å². The molecule has 1 radical (unpaired) electrons. The van der Waals surface area contributed by atoms with Crippen molar-refractivity contribution in [3.63, 3.8) is 0 Å². The van der Waals surface area contributed by atoms with Crippen LogP contribution >= 0.6 is 22.7 Å². The minimum absolute atomic E-state index is 1.25. The third-order valence-corrected chi connectivity index (χ3v) is 3.47. The van der Waals surface area contributed by atoms with Crippen LogP contribution < -0.4 is 0 Å². The maximum absolute atomic E-state index is 3.29. The topological polar surface area (TPSA) is 0 Å². The molecular formula is C10H9S2. The fourth-order valence-electron chi connectivity index (χ4n) is 1.10. The second-order valence-corrected chi connectivity index (χ2v) is 5.12. The third kappa shape index (κ3) is 1.45.